The molecule has 184 valence electrons. The lowest BCUT2D eigenvalue weighted by Gasteiger charge is -2.36. The standard InChI is InChI=1S/C29H30N4O2S/c1-20-8-11-23(12-9-20)18-27-30-29(36-31-27)35-26-19-24(13-10-22(26)3)28(34)33-16-14-32(15-17-33)25-7-5-4-6-21(25)2/h4-13,19H,14-18H2,1-3H3. The second kappa shape index (κ2) is 10.5. The maximum atomic E-state index is 13.3. The molecule has 0 bridgehead atoms. The molecule has 3 aromatic carbocycles. The van der Waals surface area contributed by atoms with Crippen molar-refractivity contribution in [3.05, 3.63) is 100 Å². The minimum absolute atomic E-state index is 0.0293. The van der Waals surface area contributed by atoms with E-state index in [2.05, 4.69) is 76.6 Å². The lowest BCUT2D eigenvalue weighted by Crippen LogP contribution is -2.49. The minimum Gasteiger partial charge on any atom is -0.430 e. The third-order valence-electron chi connectivity index (χ3n) is 6.59. The first-order valence-corrected chi connectivity index (χ1v) is 13.0. The van der Waals surface area contributed by atoms with Crippen molar-refractivity contribution in [2.45, 2.75) is 27.2 Å². The first-order valence-electron chi connectivity index (χ1n) is 12.2. The highest BCUT2D eigenvalue weighted by Crippen LogP contribution is 2.29. The van der Waals surface area contributed by atoms with Gasteiger partial charge in [0.25, 0.3) is 11.1 Å². The van der Waals surface area contributed by atoms with Gasteiger partial charge in [-0.15, -0.1) is 0 Å². The van der Waals surface area contributed by atoms with Crippen molar-refractivity contribution < 1.29 is 9.53 Å². The topological polar surface area (TPSA) is 58.6 Å². The fraction of sp³-hybridized carbons (Fsp3) is 0.276. The van der Waals surface area contributed by atoms with E-state index in [4.69, 9.17) is 4.74 Å². The van der Waals surface area contributed by atoms with Crippen molar-refractivity contribution in [3.63, 3.8) is 0 Å². The molecule has 1 aliphatic rings. The molecule has 0 unspecified atom stereocenters. The van der Waals surface area contributed by atoms with Gasteiger partial charge in [-0.2, -0.15) is 9.36 Å². The lowest BCUT2D eigenvalue weighted by molar-refractivity contribution is 0.0746. The molecule has 0 spiro atoms. The van der Waals surface area contributed by atoms with Gasteiger partial charge in [-0.3, -0.25) is 4.79 Å². The van der Waals surface area contributed by atoms with Gasteiger partial charge in [0.1, 0.15) is 5.75 Å². The molecule has 0 radical (unpaired) electrons. The lowest BCUT2D eigenvalue weighted by atomic mass is 10.1. The Bertz CT molecular complexity index is 1360. The van der Waals surface area contributed by atoms with E-state index in [0.29, 0.717) is 36.0 Å². The summed E-state index contributed by atoms with van der Waals surface area (Å²) >= 11 is 1.23. The molecule has 0 N–H and O–H groups in total. The molecule has 4 aromatic rings. The van der Waals surface area contributed by atoms with Crippen LogP contribution < -0.4 is 9.64 Å². The molecule has 7 heteroatoms. The normalized spacial score (nSPS) is 13.6. The van der Waals surface area contributed by atoms with E-state index >= 15 is 0 Å². The SMILES string of the molecule is Cc1ccc(Cc2nsc(Oc3cc(C(=O)N4CCN(c5ccccc5C)CC4)ccc3C)n2)cc1. The van der Waals surface area contributed by atoms with Crippen LogP contribution in [0.25, 0.3) is 0 Å². The fourth-order valence-corrected chi connectivity index (χ4v) is 4.99. The summed E-state index contributed by atoms with van der Waals surface area (Å²) in [6.07, 6.45) is 0.659. The Balaban J connectivity index is 1.23. The summed E-state index contributed by atoms with van der Waals surface area (Å²) in [4.78, 5) is 22.1. The number of amides is 1. The second-order valence-electron chi connectivity index (χ2n) is 9.29. The number of carbonyl (C=O) groups excluding carboxylic acids is 1. The van der Waals surface area contributed by atoms with Crippen molar-refractivity contribution in [3.8, 4) is 10.9 Å². The van der Waals surface area contributed by atoms with Gasteiger partial charge < -0.3 is 14.5 Å². The molecule has 0 atom stereocenters. The van der Waals surface area contributed by atoms with Gasteiger partial charge in [-0.1, -0.05) is 54.1 Å². The number of carbonyl (C=O) groups is 1. The van der Waals surface area contributed by atoms with E-state index in [9.17, 15) is 4.79 Å². The van der Waals surface area contributed by atoms with Gasteiger partial charge >= 0.3 is 0 Å². The highest BCUT2D eigenvalue weighted by Gasteiger charge is 2.23. The molecule has 1 aromatic heterocycles. The maximum Gasteiger partial charge on any atom is 0.298 e. The summed E-state index contributed by atoms with van der Waals surface area (Å²) in [5.74, 6) is 1.40. The summed E-state index contributed by atoms with van der Waals surface area (Å²) in [5, 5.41) is 0.483. The van der Waals surface area contributed by atoms with E-state index in [-0.39, 0.29) is 5.91 Å². The van der Waals surface area contributed by atoms with Crippen molar-refractivity contribution in [2.24, 2.45) is 0 Å². The van der Waals surface area contributed by atoms with Crippen LogP contribution in [0.3, 0.4) is 0 Å². The first-order chi connectivity index (χ1) is 17.5. The molecule has 1 aliphatic heterocycles. The molecule has 2 heterocycles. The molecule has 1 saturated heterocycles. The van der Waals surface area contributed by atoms with Crippen molar-refractivity contribution in [1.82, 2.24) is 14.3 Å². The Hall–Kier alpha value is -3.71. The predicted octanol–water partition coefficient (Wildman–Crippen LogP) is 5.81. The largest absolute Gasteiger partial charge is 0.430 e. The van der Waals surface area contributed by atoms with E-state index in [1.165, 1.54) is 28.3 Å². The van der Waals surface area contributed by atoms with Crippen LogP contribution in [0.15, 0.2) is 66.7 Å². The van der Waals surface area contributed by atoms with Crippen LogP contribution in [0.5, 0.6) is 10.9 Å². The van der Waals surface area contributed by atoms with Crippen LogP contribution in [0.4, 0.5) is 5.69 Å². The number of piperazine rings is 1. The third-order valence-corrected chi connectivity index (χ3v) is 7.22. The molecular formula is C29H30N4O2S. The second-order valence-corrected chi connectivity index (χ2v) is 10.0. The number of para-hydroxylation sites is 1. The van der Waals surface area contributed by atoms with Gasteiger partial charge in [0.15, 0.2) is 5.82 Å². The van der Waals surface area contributed by atoms with E-state index < -0.39 is 0 Å². The zero-order valence-electron chi connectivity index (χ0n) is 20.9. The molecule has 0 saturated carbocycles. The van der Waals surface area contributed by atoms with Gasteiger partial charge in [-0.05, 0) is 55.7 Å². The molecule has 36 heavy (non-hydrogen) atoms. The number of ether oxygens (including phenoxy) is 1. The van der Waals surface area contributed by atoms with Crippen molar-refractivity contribution >= 4 is 23.1 Å². The monoisotopic (exact) mass is 498 g/mol. The predicted molar refractivity (Wildman–Crippen MR) is 144 cm³/mol. The van der Waals surface area contributed by atoms with Crippen LogP contribution >= 0.6 is 11.5 Å². The molecular weight excluding hydrogens is 468 g/mol. The Labute approximate surface area is 216 Å². The van der Waals surface area contributed by atoms with Crippen LogP contribution in [0.2, 0.25) is 0 Å². The average molecular weight is 499 g/mol. The Morgan fingerprint density at radius 3 is 2.42 bits per heavy atom. The molecule has 1 fully saturated rings. The number of benzene rings is 3. The Morgan fingerprint density at radius 2 is 1.67 bits per heavy atom. The van der Waals surface area contributed by atoms with E-state index in [1.54, 1.807) is 0 Å². The Kier molecular flexibility index (Phi) is 7.00. The van der Waals surface area contributed by atoms with Crippen molar-refractivity contribution in [1.29, 1.82) is 0 Å². The molecule has 0 aliphatic carbocycles. The van der Waals surface area contributed by atoms with Gasteiger partial charge in [0, 0.05) is 55.4 Å². The fourth-order valence-electron chi connectivity index (χ4n) is 4.43. The summed E-state index contributed by atoms with van der Waals surface area (Å²) in [6, 6.07) is 22.4. The van der Waals surface area contributed by atoms with Crippen LogP contribution in [-0.2, 0) is 6.42 Å². The van der Waals surface area contributed by atoms with E-state index in [0.717, 1.165) is 30.0 Å². The van der Waals surface area contributed by atoms with Crippen molar-refractivity contribution in [2.75, 3.05) is 31.1 Å². The first kappa shape index (κ1) is 24.0. The van der Waals surface area contributed by atoms with Crippen LogP contribution in [0, 0.1) is 20.8 Å². The van der Waals surface area contributed by atoms with Gasteiger partial charge in [-0.25, -0.2) is 0 Å². The zero-order valence-corrected chi connectivity index (χ0v) is 21.7. The number of aryl methyl sites for hydroxylation is 3. The highest BCUT2D eigenvalue weighted by molar-refractivity contribution is 7.07. The number of hydrogen-bond donors (Lipinski definition) is 0. The minimum atomic E-state index is 0.0293. The van der Waals surface area contributed by atoms with Crippen LogP contribution in [0.1, 0.15) is 38.4 Å². The number of anilines is 1. The summed E-state index contributed by atoms with van der Waals surface area (Å²) < 4.78 is 10.5. The smallest absolute Gasteiger partial charge is 0.298 e. The molecule has 5 rings (SSSR count). The summed E-state index contributed by atoms with van der Waals surface area (Å²) in [5.41, 5.74) is 6.48. The molecule has 6 nitrogen and oxygen atoms in total. The maximum absolute atomic E-state index is 13.3. The highest BCUT2D eigenvalue weighted by atomic mass is 32.1. The van der Waals surface area contributed by atoms with E-state index in [1.807, 2.05) is 30.0 Å². The average Bonchev–Trinajstić information content (AvgIpc) is 3.33. The number of nitrogens with zero attached hydrogens (tertiary/aromatic N) is 4. The van der Waals surface area contributed by atoms with Crippen LogP contribution in [-0.4, -0.2) is 46.3 Å². The van der Waals surface area contributed by atoms with Gasteiger partial charge in [0.2, 0.25) is 0 Å². The van der Waals surface area contributed by atoms with Gasteiger partial charge in [0.05, 0.1) is 0 Å². The third kappa shape index (κ3) is 5.41. The summed E-state index contributed by atoms with van der Waals surface area (Å²) in [6.45, 7) is 9.19. The zero-order chi connectivity index (χ0) is 25.1. The summed E-state index contributed by atoms with van der Waals surface area (Å²) in [7, 11) is 0. The number of rotatable bonds is 6. The Morgan fingerprint density at radius 1 is 0.917 bits per heavy atom. The quantitative estimate of drug-likeness (QED) is 0.336. The number of hydrogen-bond acceptors (Lipinski definition) is 6. The molecule has 1 amide bonds. The number of aromatic nitrogens is 2.